The Morgan fingerprint density at radius 3 is 2.69 bits per heavy atom. The third-order valence-corrected chi connectivity index (χ3v) is 4.78. The number of aromatic nitrogens is 1. The molecule has 2 heterocycles. The normalized spacial score (nSPS) is 16.4. The fourth-order valence-corrected chi connectivity index (χ4v) is 3.12. The van der Waals surface area contributed by atoms with Gasteiger partial charge in [0.15, 0.2) is 0 Å². The van der Waals surface area contributed by atoms with Crippen molar-refractivity contribution >= 4 is 5.90 Å². The van der Waals surface area contributed by atoms with E-state index in [1.165, 1.54) is 24.8 Å². The minimum atomic E-state index is 0.294. The van der Waals surface area contributed by atoms with Crippen LogP contribution in [0.1, 0.15) is 57.2 Å². The molecular weight excluding hydrogens is 324 g/mol. The number of hydrogen-bond acceptors (Lipinski definition) is 3. The zero-order valence-corrected chi connectivity index (χ0v) is 16.0. The molecule has 1 atom stereocenters. The first-order chi connectivity index (χ1) is 12.8. The van der Waals surface area contributed by atoms with Crippen LogP contribution in [-0.2, 0) is 11.3 Å². The smallest absolute Gasteiger partial charge is 0.233 e. The van der Waals surface area contributed by atoms with Crippen molar-refractivity contribution in [2.24, 2.45) is 4.99 Å². The van der Waals surface area contributed by atoms with Crippen molar-refractivity contribution in [1.29, 1.82) is 0 Å². The van der Waals surface area contributed by atoms with Crippen molar-refractivity contribution < 1.29 is 9.47 Å². The lowest BCUT2D eigenvalue weighted by molar-refractivity contribution is 0.305. The van der Waals surface area contributed by atoms with Crippen LogP contribution in [0.5, 0.6) is 5.75 Å². The molecule has 3 rings (SSSR count). The maximum absolute atomic E-state index is 5.83. The summed E-state index contributed by atoms with van der Waals surface area (Å²) in [5.41, 5.74) is 2.30. The average molecular weight is 354 g/mol. The molecule has 0 saturated heterocycles. The molecule has 0 saturated carbocycles. The van der Waals surface area contributed by atoms with E-state index in [0.717, 1.165) is 43.3 Å². The van der Waals surface area contributed by atoms with E-state index in [9.17, 15) is 0 Å². The van der Waals surface area contributed by atoms with Gasteiger partial charge >= 0.3 is 0 Å². The maximum Gasteiger partial charge on any atom is 0.233 e. The number of ether oxygens (including phenoxy) is 2. The lowest BCUT2D eigenvalue weighted by Gasteiger charge is -2.10. The maximum atomic E-state index is 5.83. The number of nitrogens with zero attached hydrogens (tertiary/aromatic N) is 2. The highest BCUT2D eigenvalue weighted by Gasteiger charge is 2.20. The number of hydrogen-bond donors (Lipinski definition) is 0. The lowest BCUT2D eigenvalue weighted by atomic mass is 10.2. The highest BCUT2D eigenvalue weighted by Crippen LogP contribution is 2.18. The first kappa shape index (κ1) is 18.6. The van der Waals surface area contributed by atoms with E-state index in [-0.39, 0.29) is 0 Å². The quantitative estimate of drug-likeness (QED) is 0.560. The second kappa shape index (κ2) is 9.46. The summed E-state index contributed by atoms with van der Waals surface area (Å²) >= 11 is 0. The Balaban J connectivity index is 1.56. The molecular formula is C22H30N2O2. The van der Waals surface area contributed by atoms with E-state index in [1.54, 1.807) is 0 Å². The molecule has 1 aromatic heterocycles. The van der Waals surface area contributed by atoms with Gasteiger partial charge in [-0.05, 0) is 42.7 Å². The Bertz CT molecular complexity index is 703. The standard InChI is InChI=1S/C22H30N2O2/c1-3-5-6-7-15-25-20-12-10-18(11-13-20)16-24-14-8-9-21(24)22-23-19(4-2)17-26-22/h8-14,19H,3-7,15-17H2,1-2H3/t19-/m0/s1. The first-order valence-corrected chi connectivity index (χ1v) is 9.88. The summed E-state index contributed by atoms with van der Waals surface area (Å²) in [6.07, 6.45) is 8.02. The Morgan fingerprint density at radius 2 is 1.96 bits per heavy atom. The number of unbranched alkanes of at least 4 members (excludes halogenated alkanes) is 3. The molecule has 0 unspecified atom stereocenters. The molecule has 1 aromatic carbocycles. The van der Waals surface area contributed by atoms with Crippen molar-refractivity contribution in [3.8, 4) is 5.75 Å². The molecule has 1 aliphatic heterocycles. The van der Waals surface area contributed by atoms with Crippen LogP contribution in [0.15, 0.2) is 47.6 Å². The second-order valence-electron chi connectivity index (χ2n) is 6.88. The molecule has 26 heavy (non-hydrogen) atoms. The van der Waals surface area contributed by atoms with Crippen molar-refractivity contribution in [2.45, 2.75) is 58.5 Å². The largest absolute Gasteiger partial charge is 0.494 e. The van der Waals surface area contributed by atoms with E-state index >= 15 is 0 Å². The molecule has 0 amide bonds. The SMILES string of the molecule is CCCCCCOc1ccc(Cn2cccc2C2=N[C@@H](CC)CO2)cc1. The van der Waals surface area contributed by atoms with E-state index in [4.69, 9.17) is 9.47 Å². The Labute approximate surface area is 156 Å². The van der Waals surface area contributed by atoms with E-state index in [0.29, 0.717) is 12.6 Å². The first-order valence-electron chi connectivity index (χ1n) is 9.88. The van der Waals surface area contributed by atoms with Crippen LogP contribution >= 0.6 is 0 Å². The van der Waals surface area contributed by atoms with Gasteiger partial charge < -0.3 is 14.0 Å². The molecule has 1 aliphatic rings. The average Bonchev–Trinajstić information content (AvgIpc) is 3.31. The van der Waals surface area contributed by atoms with Crippen molar-refractivity contribution in [3.63, 3.8) is 0 Å². The molecule has 2 aromatic rings. The zero-order valence-electron chi connectivity index (χ0n) is 16.0. The van der Waals surface area contributed by atoms with E-state index in [2.05, 4.69) is 59.9 Å². The number of rotatable bonds is 10. The van der Waals surface area contributed by atoms with Crippen molar-refractivity contribution in [3.05, 3.63) is 53.9 Å². The Hall–Kier alpha value is -2.23. The van der Waals surface area contributed by atoms with Crippen molar-refractivity contribution in [2.75, 3.05) is 13.2 Å². The summed E-state index contributed by atoms with van der Waals surface area (Å²) in [6.45, 7) is 6.67. The fourth-order valence-electron chi connectivity index (χ4n) is 3.12. The van der Waals surface area contributed by atoms with Gasteiger partial charge in [0, 0.05) is 12.7 Å². The summed E-state index contributed by atoms with van der Waals surface area (Å²) in [7, 11) is 0. The van der Waals surface area contributed by atoms with Crippen LogP contribution < -0.4 is 4.74 Å². The second-order valence-corrected chi connectivity index (χ2v) is 6.88. The van der Waals surface area contributed by atoms with Gasteiger partial charge in [-0.1, -0.05) is 45.2 Å². The predicted molar refractivity (Wildman–Crippen MR) is 106 cm³/mol. The van der Waals surface area contributed by atoms with Crippen LogP contribution in [0.25, 0.3) is 0 Å². The van der Waals surface area contributed by atoms with Gasteiger partial charge in [0.05, 0.1) is 12.6 Å². The monoisotopic (exact) mass is 354 g/mol. The minimum absolute atomic E-state index is 0.294. The minimum Gasteiger partial charge on any atom is -0.494 e. The van der Waals surface area contributed by atoms with E-state index < -0.39 is 0 Å². The lowest BCUT2D eigenvalue weighted by Crippen LogP contribution is -2.10. The highest BCUT2D eigenvalue weighted by molar-refractivity contribution is 5.93. The van der Waals surface area contributed by atoms with Crippen molar-refractivity contribution in [1.82, 2.24) is 4.57 Å². The third kappa shape index (κ3) is 4.90. The summed E-state index contributed by atoms with van der Waals surface area (Å²) in [6, 6.07) is 12.8. The van der Waals surface area contributed by atoms with Crippen LogP contribution in [0.2, 0.25) is 0 Å². The van der Waals surface area contributed by atoms with Crippen LogP contribution in [0.4, 0.5) is 0 Å². The van der Waals surface area contributed by atoms with Crippen LogP contribution in [0.3, 0.4) is 0 Å². The number of aliphatic imine (C=N–C) groups is 1. The fraction of sp³-hybridized carbons (Fsp3) is 0.500. The molecule has 4 heteroatoms. The molecule has 140 valence electrons. The van der Waals surface area contributed by atoms with Gasteiger partial charge in [-0.25, -0.2) is 4.99 Å². The topological polar surface area (TPSA) is 35.8 Å². The molecule has 4 nitrogen and oxygen atoms in total. The zero-order chi connectivity index (χ0) is 18.2. The molecule has 0 fully saturated rings. The molecule has 0 radical (unpaired) electrons. The van der Waals surface area contributed by atoms with Crippen LogP contribution in [0, 0.1) is 0 Å². The van der Waals surface area contributed by atoms with Crippen LogP contribution in [-0.4, -0.2) is 29.7 Å². The summed E-state index contributed by atoms with van der Waals surface area (Å²) < 4.78 is 13.8. The Morgan fingerprint density at radius 1 is 1.12 bits per heavy atom. The van der Waals surface area contributed by atoms with E-state index in [1.807, 2.05) is 6.07 Å². The van der Waals surface area contributed by atoms with Gasteiger partial charge in [-0.15, -0.1) is 0 Å². The summed E-state index contributed by atoms with van der Waals surface area (Å²) in [5, 5.41) is 0. The van der Waals surface area contributed by atoms with Gasteiger partial charge in [0.2, 0.25) is 5.90 Å². The predicted octanol–water partition coefficient (Wildman–Crippen LogP) is 5.05. The van der Waals surface area contributed by atoms with Gasteiger partial charge in [-0.3, -0.25) is 0 Å². The number of benzene rings is 1. The van der Waals surface area contributed by atoms with Gasteiger partial charge in [0.25, 0.3) is 0 Å². The highest BCUT2D eigenvalue weighted by atomic mass is 16.5. The van der Waals surface area contributed by atoms with Gasteiger partial charge in [-0.2, -0.15) is 0 Å². The third-order valence-electron chi connectivity index (χ3n) is 4.78. The molecule has 0 N–H and O–H groups in total. The summed E-state index contributed by atoms with van der Waals surface area (Å²) in [4.78, 5) is 4.67. The molecule has 0 bridgehead atoms. The summed E-state index contributed by atoms with van der Waals surface area (Å²) in [5.74, 6) is 1.72. The van der Waals surface area contributed by atoms with Gasteiger partial charge in [0.1, 0.15) is 18.1 Å². The molecule has 0 spiro atoms. The Kier molecular flexibility index (Phi) is 6.75. The molecule has 0 aliphatic carbocycles.